The summed E-state index contributed by atoms with van der Waals surface area (Å²) >= 11 is 0. The molecule has 1 aromatic rings. The molecule has 1 N–H and O–H groups in total. The highest BCUT2D eigenvalue weighted by Gasteiger charge is 2.06. The van der Waals surface area contributed by atoms with Gasteiger partial charge in [0.15, 0.2) is 0 Å². The van der Waals surface area contributed by atoms with Crippen LogP contribution in [0.4, 0.5) is 0 Å². The second-order valence-electron chi connectivity index (χ2n) is 2.07. The quantitative estimate of drug-likeness (QED) is 0.484. The van der Waals surface area contributed by atoms with Gasteiger partial charge in [-0.3, -0.25) is 10.0 Å². The first-order chi connectivity index (χ1) is 5.22. The van der Waals surface area contributed by atoms with E-state index in [2.05, 4.69) is 7.05 Å². The summed E-state index contributed by atoms with van der Waals surface area (Å²) in [5, 5.41) is 8.96. The van der Waals surface area contributed by atoms with E-state index in [4.69, 9.17) is 5.21 Å². The van der Waals surface area contributed by atoms with Gasteiger partial charge in [-0.15, -0.1) is 0 Å². The first-order valence-electron chi connectivity index (χ1n) is 3.10. The van der Waals surface area contributed by atoms with Crippen LogP contribution < -0.4 is 0 Å². The Morgan fingerprint density at radius 2 is 1.91 bits per heavy atom. The highest BCUT2D eigenvalue weighted by atomic mass is 16.5. The monoisotopic (exact) mass is 150 g/mol. The number of hydrogen-bond donors (Lipinski definition) is 1. The van der Waals surface area contributed by atoms with Gasteiger partial charge in [-0.2, -0.15) is 0 Å². The smallest absolute Gasteiger partial charge is 0.277 e. The molecular formula is C8H8NO2. The predicted molar refractivity (Wildman–Crippen MR) is 39.8 cm³/mol. The van der Waals surface area contributed by atoms with E-state index in [1.807, 2.05) is 0 Å². The van der Waals surface area contributed by atoms with Gasteiger partial charge in [-0.25, -0.2) is 5.06 Å². The molecule has 0 saturated carbocycles. The summed E-state index contributed by atoms with van der Waals surface area (Å²) in [6.07, 6.45) is 0. The summed E-state index contributed by atoms with van der Waals surface area (Å²) in [7, 11) is 3.05. The molecule has 1 amide bonds. The van der Waals surface area contributed by atoms with E-state index in [0.717, 1.165) is 0 Å². The second kappa shape index (κ2) is 3.16. The minimum atomic E-state index is -0.509. The lowest BCUT2D eigenvalue weighted by atomic mass is 10.2. The number of carbonyl (C=O) groups excluding carboxylic acids is 1. The maximum atomic E-state index is 11.0. The number of nitrogens with zero attached hydrogens (tertiary/aromatic N) is 1. The molecule has 3 nitrogen and oxygen atoms in total. The summed E-state index contributed by atoms with van der Waals surface area (Å²) in [6, 6.07) is 8.45. The number of hydrogen-bond acceptors (Lipinski definition) is 2. The Labute approximate surface area is 64.8 Å². The van der Waals surface area contributed by atoms with Gasteiger partial charge in [-0.1, -0.05) is 18.2 Å². The third-order valence-corrected chi connectivity index (χ3v) is 1.26. The van der Waals surface area contributed by atoms with E-state index in [1.165, 1.54) is 0 Å². The van der Waals surface area contributed by atoms with Crippen molar-refractivity contribution in [2.24, 2.45) is 0 Å². The van der Waals surface area contributed by atoms with Gasteiger partial charge in [0.1, 0.15) is 0 Å². The molecule has 0 unspecified atom stereocenters. The Kier molecular flexibility index (Phi) is 2.23. The van der Waals surface area contributed by atoms with Crippen LogP contribution in [0.25, 0.3) is 0 Å². The molecule has 3 heteroatoms. The van der Waals surface area contributed by atoms with Crippen molar-refractivity contribution in [1.29, 1.82) is 0 Å². The summed E-state index contributed by atoms with van der Waals surface area (Å²) in [4.78, 5) is 11.0. The average molecular weight is 150 g/mol. The Morgan fingerprint density at radius 1 is 1.36 bits per heavy atom. The molecule has 0 aromatic heterocycles. The Morgan fingerprint density at radius 3 is 2.36 bits per heavy atom. The van der Waals surface area contributed by atoms with Gasteiger partial charge in [0.05, 0.1) is 7.05 Å². The number of amides is 1. The maximum Gasteiger partial charge on any atom is 0.277 e. The average Bonchev–Trinajstić information content (AvgIpc) is 2.05. The molecule has 0 aliphatic rings. The van der Waals surface area contributed by atoms with Gasteiger partial charge >= 0.3 is 0 Å². The Hall–Kier alpha value is -1.35. The van der Waals surface area contributed by atoms with Crippen molar-refractivity contribution in [3.63, 3.8) is 0 Å². The largest absolute Gasteiger partial charge is 0.286 e. The Bertz CT molecular complexity index is 244. The van der Waals surface area contributed by atoms with Crippen molar-refractivity contribution < 1.29 is 10.0 Å². The zero-order valence-corrected chi connectivity index (χ0v) is 5.90. The molecule has 0 bridgehead atoms. The standard InChI is InChI=1S/C8H8NO2/c1-9(11)8(10)7-5-3-2-4-6-7/h2-6,11H,1H2. The topological polar surface area (TPSA) is 40.5 Å². The van der Waals surface area contributed by atoms with Crippen LogP contribution in [0.3, 0.4) is 0 Å². The molecule has 1 rings (SSSR count). The third-order valence-electron chi connectivity index (χ3n) is 1.26. The normalized spacial score (nSPS) is 9.27. The molecule has 0 atom stereocenters. The zero-order valence-electron chi connectivity index (χ0n) is 5.90. The highest BCUT2D eigenvalue weighted by molar-refractivity contribution is 5.93. The first-order valence-corrected chi connectivity index (χ1v) is 3.10. The van der Waals surface area contributed by atoms with Crippen LogP contribution in [0.5, 0.6) is 0 Å². The lowest BCUT2D eigenvalue weighted by Gasteiger charge is -2.06. The fraction of sp³-hybridized carbons (Fsp3) is 0. The van der Waals surface area contributed by atoms with E-state index in [1.54, 1.807) is 30.3 Å². The van der Waals surface area contributed by atoms with Crippen LogP contribution in [0, 0.1) is 7.05 Å². The van der Waals surface area contributed by atoms with Crippen LogP contribution in [-0.2, 0) is 0 Å². The molecule has 0 aliphatic heterocycles. The molecule has 0 fully saturated rings. The lowest BCUT2D eigenvalue weighted by Crippen LogP contribution is -2.19. The molecule has 57 valence electrons. The van der Waals surface area contributed by atoms with E-state index < -0.39 is 5.91 Å². The molecule has 1 radical (unpaired) electrons. The van der Waals surface area contributed by atoms with Gasteiger partial charge in [0.2, 0.25) is 0 Å². The molecule has 0 aliphatic carbocycles. The molecular weight excluding hydrogens is 142 g/mol. The maximum absolute atomic E-state index is 11.0. The van der Waals surface area contributed by atoms with Crippen molar-refractivity contribution in [3.05, 3.63) is 42.9 Å². The fourth-order valence-electron chi connectivity index (χ4n) is 0.730. The summed E-state index contributed by atoms with van der Waals surface area (Å²) in [5.41, 5.74) is 0.421. The van der Waals surface area contributed by atoms with E-state index in [-0.39, 0.29) is 0 Å². The SMILES string of the molecule is [CH2]N(O)C(=O)c1ccccc1. The molecule has 11 heavy (non-hydrogen) atoms. The van der Waals surface area contributed by atoms with Gasteiger partial charge in [0, 0.05) is 5.56 Å². The lowest BCUT2D eigenvalue weighted by molar-refractivity contribution is -0.0229. The van der Waals surface area contributed by atoms with Crippen molar-refractivity contribution >= 4 is 5.91 Å². The van der Waals surface area contributed by atoms with Crippen LogP contribution in [0.15, 0.2) is 30.3 Å². The van der Waals surface area contributed by atoms with Crippen molar-refractivity contribution in [3.8, 4) is 0 Å². The van der Waals surface area contributed by atoms with Crippen molar-refractivity contribution in [1.82, 2.24) is 5.06 Å². The third kappa shape index (κ3) is 1.78. The van der Waals surface area contributed by atoms with E-state index in [0.29, 0.717) is 10.6 Å². The number of hydroxylamine groups is 2. The molecule has 0 heterocycles. The predicted octanol–water partition coefficient (Wildman–Crippen LogP) is 1.31. The second-order valence-corrected chi connectivity index (χ2v) is 2.07. The van der Waals surface area contributed by atoms with Crippen LogP contribution >= 0.6 is 0 Å². The summed E-state index contributed by atoms with van der Waals surface area (Å²) < 4.78 is 0. The van der Waals surface area contributed by atoms with Gasteiger partial charge in [-0.05, 0) is 12.1 Å². The highest BCUT2D eigenvalue weighted by Crippen LogP contribution is 2.00. The fourth-order valence-corrected chi connectivity index (χ4v) is 0.730. The van der Waals surface area contributed by atoms with Gasteiger partial charge < -0.3 is 0 Å². The number of rotatable bonds is 1. The summed E-state index contributed by atoms with van der Waals surface area (Å²) in [5.74, 6) is -0.509. The Balaban J connectivity index is 2.86. The summed E-state index contributed by atoms with van der Waals surface area (Å²) in [6.45, 7) is 0. The van der Waals surface area contributed by atoms with Crippen molar-refractivity contribution in [2.45, 2.75) is 0 Å². The van der Waals surface area contributed by atoms with Crippen LogP contribution in [0.1, 0.15) is 10.4 Å². The van der Waals surface area contributed by atoms with Gasteiger partial charge in [0.25, 0.3) is 5.91 Å². The number of carbonyl (C=O) groups is 1. The van der Waals surface area contributed by atoms with Crippen molar-refractivity contribution in [2.75, 3.05) is 0 Å². The molecule has 1 aromatic carbocycles. The number of benzene rings is 1. The van der Waals surface area contributed by atoms with Crippen LogP contribution in [-0.4, -0.2) is 16.2 Å². The zero-order chi connectivity index (χ0) is 8.27. The first kappa shape index (κ1) is 7.75. The van der Waals surface area contributed by atoms with Crippen LogP contribution in [0.2, 0.25) is 0 Å². The minimum absolute atomic E-state index is 0.315. The molecule has 0 spiro atoms. The van der Waals surface area contributed by atoms with E-state index >= 15 is 0 Å². The minimum Gasteiger partial charge on any atom is -0.286 e. The molecule has 0 saturated heterocycles. The van der Waals surface area contributed by atoms with E-state index in [9.17, 15) is 4.79 Å².